The lowest BCUT2D eigenvalue weighted by molar-refractivity contribution is -0.127. The molecule has 1 N–H and O–H groups in total. The maximum absolute atomic E-state index is 12.1. The first-order chi connectivity index (χ1) is 11.6. The third-order valence-corrected chi connectivity index (χ3v) is 3.67. The van der Waals surface area contributed by atoms with E-state index >= 15 is 0 Å². The third-order valence-electron chi connectivity index (χ3n) is 3.67. The minimum absolute atomic E-state index is 0.140. The number of hydrogen-bond acceptors (Lipinski definition) is 3. The van der Waals surface area contributed by atoms with Crippen molar-refractivity contribution in [1.29, 1.82) is 0 Å². The van der Waals surface area contributed by atoms with E-state index in [9.17, 15) is 4.79 Å². The quantitative estimate of drug-likeness (QED) is 0.756. The number of ether oxygens (including phenoxy) is 2. The zero-order valence-corrected chi connectivity index (χ0v) is 14.5. The summed E-state index contributed by atoms with van der Waals surface area (Å²) in [4.78, 5) is 12.1. The lowest BCUT2D eigenvalue weighted by Crippen LogP contribution is -2.38. The van der Waals surface area contributed by atoms with Crippen molar-refractivity contribution < 1.29 is 14.3 Å². The number of carbonyl (C=O) groups is 1. The minimum Gasteiger partial charge on any atom is -0.481 e. The number of benzene rings is 2. The second kappa shape index (κ2) is 9.08. The molecule has 24 heavy (non-hydrogen) atoms. The summed E-state index contributed by atoms with van der Waals surface area (Å²) < 4.78 is 11.3. The smallest absolute Gasteiger partial charge is 0.260 e. The van der Waals surface area contributed by atoms with Gasteiger partial charge in [0.25, 0.3) is 5.91 Å². The van der Waals surface area contributed by atoms with Gasteiger partial charge in [0, 0.05) is 6.54 Å². The maximum Gasteiger partial charge on any atom is 0.260 e. The lowest BCUT2D eigenvalue weighted by atomic mass is 10.1. The molecule has 0 aliphatic rings. The van der Waals surface area contributed by atoms with Crippen LogP contribution in [0.5, 0.6) is 5.75 Å². The highest BCUT2D eigenvalue weighted by molar-refractivity contribution is 5.80. The summed E-state index contributed by atoms with van der Waals surface area (Å²) >= 11 is 0. The van der Waals surface area contributed by atoms with Gasteiger partial charge in [-0.15, -0.1) is 0 Å². The number of carbonyl (C=O) groups excluding carboxylic acids is 1. The zero-order valence-electron chi connectivity index (χ0n) is 14.5. The molecule has 0 radical (unpaired) electrons. The predicted octanol–water partition coefficient (Wildman–Crippen LogP) is 3.40. The van der Waals surface area contributed by atoms with E-state index in [1.807, 2.05) is 62.4 Å². The van der Waals surface area contributed by atoms with Gasteiger partial charge in [0.15, 0.2) is 6.10 Å². The Labute approximate surface area is 143 Å². The SMILES string of the molecule is Cc1ccc(C)c(O[C@@H](C)C(=O)NCCOCc2ccccc2)c1. The molecule has 0 aliphatic carbocycles. The molecule has 0 heterocycles. The highest BCUT2D eigenvalue weighted by Crippen LogP contribution is 2.20. The van der Waals surface area contributed by atoms with E-state index in [1.165, 1.54) is 0 Å². The predicted molar refractivity (Wildman–Crippen MR) is 95.1 cm³/mol. The molecule has 0 bridgehead atoms. The zero-order chi connectivity index (χ0) is 17.4. The Balaban J connectivity index is 1.69. The molecule has 2 aromatic rings. The van der Waals surface area contributed by atoms with Gasteiger partial charge >= 0.3 is 0 Å². The van der Waals surface area contributed by atoms with Gasteiger partial charge < -0.3 is 14.8 Å². The minimum atomic E-state index is -0.542. The summed E-state index contributed by atoms with van der Waals surface area (Å²) in [5.41, 5.74) is 3.25. The Morgan fingerprint density at radius 1 is 1.12 bits per heavy atom. The highest BCUT2D eigenvalue weighted by Gasteiger charge is 2.15. The second-order valence-corrected chi connectivity index (χ2v) is 5.86. The summed E-state index contributed by atoms with van der Waals surface area (Å²) in [5.74, 6) is 0.609. The van der Waals surface area contributed by atoms with Gasteiger partial charge in [-0.3, -0.25) is 4.79 Å². The van der Waals surface area contributed by atoms with Gasteiger partial charge in [-0.1, -0.05) is 42.5 Å². The van der Waals surface area contributed by atoms with Gasteiger partial charge in [-0.2, -0.15) is 0 Å². The van der Waals surface area contributed by atoms with E-state index in [0.717, 1.165) is 22.4 Å². The molecule has 2 aromatic carbocycles. The molecule has 4 heteroatoms. The van der Waals surface area contributed by atoms with Crippen molar-refractivity contribution in [1.82, 2.24) is 5.32 Å². The van der Waals surface area contributed by atoms with Gasteiger partial charge in [-0.25, -0.2) is 0 Å². The molecule has 0 aromatic heterocycles. The van der Waals surface area contributed by atoms with E-state index in [1.54, 1.807) is 6.92 Å². The number of aryl methyl sites for hydroxylation is 2. The Morgan fingerprint density at radius 3 is 2.62 bits per heavy atom. The maximum atomic E-state index is 12.1. The average Bonchev–Trinajstić information content (AvgIpc) is 2.58. The highest BCUT2D eigenvalue weighted by atomic mass is 16.5. The van der Waals surface area contributed by atoms with Crippen LogP contribution in [-0.4, -0.2) is 25.2 Å². The Kier molecular flexibility index (Phi) is 6.82. The van der Waals surface area contributed by atoms with Crippen molar-refractivity contribution >= 4 is 5.91 Å². The summed E-state index contributed by atoms with van der Waals surface area (Å²) in [6, 6.07) is 15.9. The van der Waals surface area contributed by atoms with Crippen LogP contribution >= 0.6 is 0 Å². The fourth-order valence-electron chi connectivity index (χ4n) is 2.23. The molecule has 1 atom stereocenters. The number of amides is 1. The van der Waals surface area contributed by atoms with E-state index in [0.29, 0.717) is 19.8 Å². The van der Waals surface area contributed by atoms with Crippen molar-refractivity contribution in [3.63, 3.8) is 0 Å². The van der Waals surface area contributed by atoms with Gasteiger partial charge in [0.1, 0.15) is 5.75 Å². The van der Waals surface area contributed by atoms with Gasteiger partial charge in [0.05, 0.1) is 13.2 Å². The van der Waals surface area contributed by atoms with Gasteiger partial charge in [0.2, 0.25) is 0 Å². The molecule has 4 nitrogen and oxygen atoms in total. The molecular formula is C20H25NO3. The average molecular weight is 327 g/mol. The van der Waals surface area contributed by atoms with E-state index < -0.39 is 6.10 Å². The Hall–Kier alpha value is -2.33. The van der Waals surface area contributed by atoms with Crippen LogP contribution in [0.3, 0.4) is 0 Å². The number of rotatable bonds is 8. The molecule has 0 saturated heterocycles. The number of nitrogens with one attached hydrogen (secondary N) is 1. The lowest BCUT2D eigenvalue weighted by Gasteiger charge is -2.16. The molecule has 0 aliphatic heterocycles. The van der Waals surface area contributed by atoms with Crippen molar-refractivity contribution in [2.45, 2.75) is 33.5 Å². The van der Waals surface area contributed by atoms with Crippen molar-refractivity contribution in [3.8, 4) is 5.75 Å². The van der Waals surface area contributed by atoms with E-state index in [-0.39, 0.29) is 5.91 Å². The third kappa shape index (κ3) is 5.70. The summed E-state index contributed by atoms with van der Waals surface area (Å²) in [6.07, 6.45) is -0.542. The normalized spacial score (nSPS) is 11.8. The first-order valence-corrected chi connectivity index (χ1v) is 8.19. The molecule has 0 unspecified atom stereocenters. The summed E-state index contributed by atoms with van der Waals surface area (Å²) in [6.45, 7) is 7.20. The van der Waals surface area contributed by atoms with Crippen molar-refractivity contribution in [2.75, 3.05) is 13.2 Å². The van der Waals surface area contributed by atoms with Crippen LogP contribution in [0.1, 0.15) is 23.6 Å². The molecule has 2 rings (SSSR count). The van der Waals surface area contributed by atoms with E-state index in [2.05, 4.69) is 5.32 Å². The molecule has 0 fully saturated rings. The summed E-state index contributed by atoms with van der Waals surface area (Å²) in [7, 11) is 0. The van der Waals surface area contributed by atoms with Crippen LogP contribution in [0.2, 0.25) is 0 Å². The molecule has 0 spiro atoms. The topological polar surface area (TPSA) is 47.6 Å². The first kappa shape index (κ1) is 18.0. The number of hydrogen-bond donors (Lipinski definition) is 1. The van der Waals surface area contributed by atoms with Gasteiger partial charge in [-0.05, 0) is 43.5 Å². The first-order valence-electron chi connectivity index (χ1n) is 8.19. The molecule has 0 saturated carbocycles. The van der Waals surface area contributed by atoms with Crippen LogP contribution in [0, 0.1) is 13.8 Å². The Morgan fingerprint density at radius 2 is 1.88 bits per heavy atom. The van der Waals surface area contributed by atoms with Crippen LogP contribution in [0.15, 0.2) is 48.5 Å². The van der Waals surface area contributed by atoms with Crippen LogP contribution in [0.4, 0.5) is 0 Å². The standard InChI is InChI=1S/C20H25NO3/c1-15-9-10-16(2)19(13-15)24-17(3)20(22)21-11-12-23-14-18-7-5-4-6-8-18/h4-10,13,17H,11-12,14H2,1-3H3,(H,21,22)/t17-/m0/s1. The molecule has 1 amide bonds. The summed E-state index contributed by atoms with van der Waals surface area (Å²) in [5, 5.41) is 2.83. The van der Waals surface area contributed by atoms with Crippen LogP contribution < -0.4 is 10.1 Å². The molecular weight excluding hydrogens is 302 g/mol. The fourth-order valence-corrected chi connectivity index (χ4v) is 2.23. The fraction of sp³-hybridized carbons (Fsp3) is 0.350. The Bertz CT molecular complexity index is 655. The van der Waals surface area contributed by atoms with E-state index in [4.69, 9.17) is 9.47 Å². The van der Waals surface area contributed by atoms with Crippen LogP contribution in [0.25, 0.3) is 0 Å². The monoisotopic (exact) mass is 327 g/mol. The molecule has 128 valence electrons. The second-order valence-electron chi connectivity index (χ2n) is 5.86. The largest absolute Gasteiger partial charge is 0.481 e. The van der Waals surface area contributed by atoms with Crippen molar-refractivity contribution in [3.05, 3.63) is 65.2 Å². The van der Waals surface area contributed by atoms with Crippen molar-refractivity contribution in [2.24, 2.45) is 0 Å². The van der Waals surface area contributed by atoms with Crippen LogP contribution in [-0.2, 0) is 16.1 Å².